The van der Waals surface area contributed by atoms with Gasteiger partial charge in [0.2, 0.25) is 11.8 Å². The van der Waals surface area contributed by atoms with E-state index < -0.39 is 11.5 Å². The SMILES string of the molecule is CC1CCC(NC(=O)CC(C)NC(=O)C2CCCC2)(C(=O)O)CC1. The summed E-state index contributed by atoms with van der Waals surface area (Å²) in [5, 5.41) is 15.2. The fourth-order valence-electron chi connectivity index (χ4n) is 3.84. The van der Waals surface area contributed by atoms with Gasteiger partial charge in [0.05, 0.1) is 0 Å². The summed E-state index contributed by atoms with van der Waals surface area (Å²) in [6, 6.07) is -0.286. The van der Waals surface area contributed by atoms with Gasteiger partial charge in [-0.15, -0.1) is 0 Å². The Labute approximate surface area is 143 Å². The first-order valence-corrected chi connectivity index (χ1v) is 9.17. The molecule has 0 aromatic rings. The van der Waals surface area contributed by atoms with Gasteiger partial charge in [0, 0.05) is 18.4 Å². The van der Waals surface area contributed by atoms with E-state index in [2.05, 4.69) is 17.6 Å². The third kappa shape index (κ3) is 4.71. The van der Waals surface area contributed by atoms with Crippen LogP contribution in [0.4, 0.5) is 0 Å². The number of carboxylic acids is 1. The molecule has 0 aromatic heterocycles. The lowest BCUT2D eigenvalue weighted by molar-refractivity contribution is -0.149. The quantitative estimate of drug-likeness (QED) is 0.692. The smallest absolute Gasteiger partial charge is 0.329 e. The van der Waals surface area contributed by atoms with Crippen molar-refractivity contribution in [1.29, 1.82) is 0 Å². The van der Waals surface area contributed by atoms with E-state index in [1.54, 1.807) is 6.92 Å². The van der Waals surface area contributed by atoms with E-state index in [9.17, 15) is 19.5 Å². The monoisotopic (exact) mass is 338 g/mol. The first kappa shape index (κ1) is 18.7. The van der Waals surface area contributed by atoms with Crippen LogP contribution in [0.3, 0.4) is 0 Å². The first-order valence-electron chi connectivity index (χ1n) is 9.17. The minimum atomic E-state index is -1.14. The van der Waals surface area contributed by atoms with Gasteiger partial charge in [-0.2, -0.15) is 0 Å². The summed E-state index contributed by atoms with van der Waals surface area (Å²) in [5.41, 5.74) is -1.14. The molecule has 2 aliphatic rings. The lowest BCUT2D eigenvalue weighted by Crippen LogP contribution is -2.57. The van der Waals surface area contributed by atoms with Gasteiger partial charge >= 0.3 is 5.97 Å². The summed E-state index contributed by atoms with van der Waals surface area (Å²) in [4.78, 5) is 36.1. The highest BCUT2D eigenvalue weighted by atomic mass is 16.4. The maximum absolute atomic E-state index is 12.3. The molecule has 0 spiro atoms. The molecule has 1 unspecified atom stereocenters. The Balaban J connectivity index is 1.84. The second kappa shape index (κ2) is 7.99. The summed E-state index contributed by atoms with van der Waals surface area (Å²) in [7, 11) is 0. The summed E-state index contributed by atoms with van der Waals surface area (Å²) in [6.45, 7) is 3.90. The largest absolute Gasteiger partial charge is 0.480 e. The van der Waals surface area contributed by atoms with Gasteiger partial charge in [0.1, 0.15) is 5.54 Å². The van der Waals surface area contributed by atoms with Gasteiger partial charge < -0.3 is 15.7 Å². The average Bonchev–Trinajstić information content (AvgIpc) is 3.03. The second-order valence-corrected chi connectivity index (χ2v) is 7.71. The van der Waals surface area contributed by atoms with Crippen molar-refractivity contribution in [2.75, 3.05) is 0 Å². The maximum Gasteiger partial charge on any atom is 0.329 e. The number of hydrogen-bond acceptors (Lipinski definition) is 3. The normalized spacial score (nSPS) is 29.0. The summed E-state index contributed by atoms with van der Waals surface area (Å²) in [5.74, 6) is -0.663. The van der Waals surface area contributed by atoms with Crippen LogP contribution in [0, 0.1) is 11.8 Å². The molecule has 6 heteroatoms. The fourth-order valence-corrected chi connectivity index (χ4v) is 3.84. The summed E-state index contributed by atoms with van der Waals surface area (Å²) >= 11 is 0. The van der Waals surface area contributed by atoms with E-state index in [1.165, 1.54) is 0 Å². The summed E-state index contributed by atoms with van der Waals surface area (Å²) in [6.07, 6.45) is 6.69. The molecule has 0 heterocycles. The molecule has 2 fully saturated rings. The Morgan fingerprint density at radius 2 is 1.71 bits per heavy atom. The molecule has 2 rings (SSSR count). The lowest BCUT2D eigenvalue weighted by Gasteiger charge is -2.36. The Hall–Kier alpha value is -1.59. The predicted molar refractivity (Wildman–Crippen MR) is 90.3 cm³/mol. The van der Waals surface area contributed by atoms with Crippen molar-refractivity contribution in [1.82, 2.24) is 10.6 Å². The topological polar surface area (TPSA) is 95.5 Å². The Kier molecular flexibility index (Phi) is 6.24. The van der Waals surface area contributed by atoms with E-state index in [-0.39, 0.29) is 30.2 Å². The van der Waals surface area contributed by atoms with Crippen LogP contribution >= 0.6 is 0 Å². The zero-order chi connectivity index (χ0) is 17.7. The molecular weight excluding hydrogens is 308 g/mol. The van der Waals surface area contributed by atoms with Crippen LogP contribution in [-0.2, 0) is 14.4 Å². The highest BCUT2D eigenvalue weighted by Crippen LogP contribution is 2.32. The molecule has 136 valence electrons. The fraction of sp³-hybridized carbons (Fsp3) is 0.833. The number of nitrogens with one attached hydrogen (secondary N) is 2. The van der Waals surface area contributed by atoms with Gasteiger partial charge in [0.15, 0.2) is 0 Å². The zero-order valence-electron chi connectivity index (χ0n) is 14.8. The van der Waals surface area contributed by atoms with Gasteiger partial charge in [-0.05, 0) is 51.4 Å². The third-order valence-electron chi connectivity index (χ3n) is 5.52. The Morgan fingerprint density at radius 1 is 1.12 bits per heavy atom. The van der Waals surface area contributed by atoms with Crippen molar-refractivity contribution < 1.29 is 19.5 Å². The molecule has 0 radical (unpaired) electrons. The third-order valence-corrected chi connectivity index (χ3v) is 5.52. The number of hydrogen-bond donors (Lipinski definition) is 3. The highest BCUT2D eigenvalue weighted by molar-refractivity contribution is 5.87. The Bertz CT molecular complexity index is 477. The van der Waals surface area contributed by atoms with E-state index in [0.29, 0.717) is 18.8 Å². The van der Waals surface area contributed by atoms with Crippen LogP contribution < -0.4 is 10.6 Å². The van der Waals surface area contributed by atoms with E-state index >= 15 is 0 Å². The highest BCUT2D eigenvalue weighted by Gasteiger charge is 2.42. The van der Waals surface area contributed by atoms with Crippen LogP contribution in [0.2, 0.25) is 0 Å². The molecular formula is C18H30N2O4. The number of carbonyl (C=O) groups excluding carboxylic acids is 2. The molecule has 1 atom stereocenters. The van der Waals surface area contributed by atoms with Crippen molar-refractivity contribution >= 4 is 17.8 Å². The molecule has 6 nitrogen and oxygen atoms in total. The molecule has 3 N–H and O–H groups in total. The van der Waals surface area contributed by atoms with Crippen LogP contribution in [0.1, 0.15) is 71.6 Å². The average molecular weight is 338 g/mol. The first-order chi connectivity index (χ1) is 11.3. The summed E-state index contributed by atoms with van der Waals surface area (Å²) < 4.78 is 0. The maximum atomic E-state index is 12.3. The number of amides is 2. The zero-order valence-corrected chi connectivity index (χ0v) is 14.8. The standard InChI is InChI=1S/C18H30N2O4/c1-12-7-9-18(10-8-12,17(23)24)20-15(21)11-13(2)19-16(22)14-5-3-4-6-14/h12-14H,3-11H2,1-2H3,(H,19,22)(H,20,21)(H,23,24). The molecule has 24 heavy (non-hydrogen) atoms. The molecule has 0 bridgehead atoms. The Morgan fingerprint density at radius 3 is 2.25 bits per heavy atom. The van der Waals surface area contributed by atoms with E-state index in [0.717, 1.165) is 38.5 Å². The van der Waals surface area contributed by atoms with Crippen LogP contribution in [0.25, 0.3) is 0 Å². The number of carboxylic acid groups (broad SMARTS) is 1. The van der Waals surface area contributed by atoms with E-state index in [4.69, 9.17) is 0 Å². The van der Waals surface area contributed by atoms with E-state index in [1.807, 2.05) is 0 Å². The van der Waals surface area contributed by atoms with Crippen molar-refractivity contribution in [2.45, 2.75) is 83.2 Å². The number of aliphatic carboxylic acids is 1. The molecule has 2 aliphatic carbocycles. The minimum absolute atomic E-state index is 0.0206. The molecule has 2 saturated carbocycles. The second-order valence-electron chi connectivity index (χ2n) is 7.71. The van der Waals surface area contributed by atoms with Crippen molar-refractivity contribution in [3.05, 3.63) is 0 Å². The lowest BCUT2D eigenvalue weighted by atomic mass is 9.77. The van der Waals surface area contributed by atoms with Gasteiger partial charge in [-0.25, -0.2) is 4.79 Å². The molecule has 0 aliphatic heterocycles. The van der Waals surface area contributed by atoms with Gasteiger partial charge in [-0.3, -0.25) is 9.59 Å². The van der Waals surface area contributed by atoms with Crippen molar-refractivity contribution in [2.24, 2.45) is 11.8 Å². The van der Waals surface area contributed by atoms with Crippen molar-refractivity contribution in [3.8, 4) is 0 Å². The molecule has 2 amide bonds. The van der Waals surface area contributed by atoms with Crippen LogP contribution in [-0.4, -0.2) is 34.5 Å². The van der Waals surface area contributed by atoms with Crippen LogP contribution in [0.5, 0.6) is 0 Å². The number of rotatable bonds is 6. The molecule has 0 saturated heterocycles. The molecule has 0 aromatic carbocycles. The minimum Gasteiger partial charge on any atom is -0.480 e. The number of carbonyl (C=O) groups is 3. The van der Waals surface area contributed by atoms with Crippen molar-refractivity contribution in [3.63, 3.8) is 0 Å². The van der Waals surface area contributed by atoms with Crippen LogP contribution in [0.15, 0.2) is 0 Å². The van der Waals surface area contributed by atoms with Gasteiger partial charge in [-0.1, -0.05) is 19.8 Å². The van der Waals surface area contributed by atoms with Gasteiger partial charge in [0.25, 0.3) is 0 Å². The predicted octanol–water partition coefficient (Wildman–Crippen LogP) is 2.22.